The fourth-order valence-electron chi connectivity index (χ4n) is 2.29. The lowest BCUT2D eigenvalue weighted by Crippen LogP contribution is -2.24. The Morgan fingerprint density at radius 1 is 1.19 bits per heavy atom. The lowest BCUT2D eigenvalue weighted by Gasteiger charge is -2.14. The third-order valence-corrected chi connectivity index (χ3v) is 4.59. The Kier molecular flexibility index (Phi) is 5.61. The standard InChI is InChI=1S/C17H18FN3O4S/c1-3-10-8-14(25-13-7-5-4-6-12(13)18)15(26(2,23)24)9-11(10)16(22)21-17(19)20/h4-9H,3H2,1-2H3,(H4,19,20,21,22). The summed E-state index contributed by atoms with van der Waals surface area (Å²) in [6.07, 6.45) is 1.33. The number of aliphatic imine (C=N–C) groups is 1. The topological polar surface area (TPSA) is 125 Å². The fraction of sp³-hybridized carbons (Fsp3) is 0.176. The number of carbonyl (C=O) groups is 1. The van der Waals surface area contributed by atoms with Crippen LogP contribution in [0.15, 0.2) is 46.3 Å². The van der Waals surface area contributed by atoms with Gasteiger partial charge in [0.25, 0.3) is 5.91 Å². The predicted octanol–water partition coefficient (Wildman–Crippen LogP) is 2.00. The zero-order valence-electron chi connectivity index (χ0n) is 14.2. The van der Waals surface area contributed by atoms with Crippen molar-refractivity contribution in [3.05, 3.63) is 53.3 Å². The van der Waals surface area contributed by atoms with E-state index in [1.165, 1.54) is 24.3 Å². The van der Waals surface area contributed by atoms with Gasteiger partial charge in [-0.3, -0.25) is 4.79 Å². The zero-order valence-corrected chi connectivity index (χ0v) is 15.0. The molecule has 4 N–H and O–H groups in total. The van der Waals surface area contributed by atoms with Gasteiger partial charge in [0.1, 0.15) is 10.6 Å². The first kappa shape index (κ1) is 19.4. The van der Waals surface area contributed by atoms with Crippen molar-refractivity contribution in [3.63, 3.8) is 0 Å². The van der Waals surface area contributed by atoms with E-state index >= 15 is 0 Å². The number of nitrogens with zero attached hydrogens (tertiary/aromatic N) is 1. The maximum atomic E-state index is 13.9. The molecule has 7 nitrogen and oxygen atoms in total. The highest BCUT2D eigenvalue weighted by Gasteiger charge is 2.22. The highest BCUT2D eigenvalue weighted by atomic mass is 32.2. The summed E-state index contributed by atoms with van der Waals surface area (Å²) in [5.41, 5.74) is 10.9. The number of para-hydroxylation sites is 1. The van der Waals surface area contributed by atoms with Gasteiger partial charge in [0.2, 0.25) is 0 Å². The summed E-state index contributed by atoms with van der Waals surface area (Å²) < 4.78 is 43.6. The molecule has 0 aliphatic carbocycles. The molecule has 0 spiro atoms. The van der Waals surface area contributed by atoms with Crippen molar-refractivity contribution in [2.45, 2.75) is 18.2 Å². The first-order valence-electron chi connectivity index (χ1n) is 7.56. The number of amides is 1. The maximum absolute atomic E-state index is 13.9. The molecule has 0 heterocycles. The van der Waals surface area contributed by atoms with Gasteiger partial charge in [-0.25, -0.2) is 12.8 Å². The van der Waals surface area contributed by atoms with Crippen LogP contribution in [0.25, 0.3) is 0 Å². The molecule has 0 fully saturated rings. The van der Waals surface area contributed by atoms with E-state index in [2.05, 4.69) is 4.99 Å². The van der Waals surface area contributed by atoms with Crippen LogP contribution in [-0.2, 0) is 16.3 Å². The number of hydrogen-bond donors (Lipinski definition) is 2. The molecule has 0 unspecified atom stereocenters. The van der Waals surface area contributed by atoms with Gasteiger partial charge in [-0.2, -0.15) is 4.99 Å². The number of nitrogens with two attached hydrogens (primary N) is 2. The van der Waals surface area contributed by atoms with Crippen molar-refractivity contribution in [1.82, 2.24) is 0 Å². The number of aryl methyl sites for hydroxylation is 1. The van der Waals surface area contributed by atoms with Crippen LogP contribution in [0.1, 0.15) is 22.8 Å². The Hall–Kier alpha value is -2.94. The summed E-state index contributed by atoms with van der Waals surface area (Å²) in [7, 11) is -3.79. The molecule has 2 aromatic rings. The number of benzene rings is 2. The minimum atomic E-state index is -3.79. The monoisotopic (exact) mass is 379 g/mol. The van der Waals surface area contributed by atoms with Gasteiger partial charge in [-0.1, -0.05) is 19.1 Å². The number of rotatable bonds is 5. The molecule has 1 amide bonds. The highest BCUT2D eigenvalue weighted by Crippen LogP contribution is 2.33. The number of halogens is 1. The second-order valence-corrected chi connectivity index (χ2v) is 7.44. The molecule has 0 saturated carbocycles. The SMILES string of the molecule is CCc1cc(Oc2ccccc2F)c(S(C)(=O)=O)cc1C(=O)N=C(N)N. The minimum Gasteiger partial charge on any atom is -0.453 e. The molecule has 9 heteroatoms. The summed E-state index contributed by atoms with van der Waals surface area (Å²) in [6.45, 7) is 1.76. The van der Waals surface area contributed by atoms with E-state index in [0.29, 0.717) is 12.0 Å². The Morgan fingerprint density at radius 2 is 1.85 bits per heavy atom. The van der Waals surface area contributed by atoms with E-state index in [1.54, 1.807) is 13.0 Å². The lowest BCUT2D eigenvalue weighted by atomic mass is 10.0. The summed E-state index contributed by atoms with van der Waals surface area (Å²) >= 11 is 0. The Morgan fingerprint density at radius 3 is 2.38 bits per heavy atom. The van der Waals surface area contributed by atoms with Gasteiger partial charge >= 0.3 is 0 Å². The van der Waals surface area contributed by atoms with E-state index in [1.807, 2.05) is 0 Å². The van der Waals surface area contributed by atoms with Crippen molar-refractivity contribution in [2.24, 2.45) is 16.5 Å². The molecule has 0 aliphatic heterocycles. The van der Waals surface area contributed by atoms with Crippen LogP contribution in [0, 0.1) is 5.82 Å². The molecule has 2 rings (SSSR count). The van der Waals surface area contributed by atoms with Crippen molar-refractivity contribution in [2.75, 3.05) is 6.26 Å². The first-order valence-corrected chi connectivity index (χ1v) is 9.46. The Labute approximate surface area is 150 Å². The van der Waals surface area contributed by atoms with E-state index in [0.717, 1.165) is 12.3 Å². The molecule has 0 radical (unpaired) electrons. The normalized spacial score (nSPS) is 11.0. The van der Waals surface area contributed by atoms with Crippen molar-refractivity contribution in [3.8, 4) is 11.5 Å². The summed E-state index contributed by atoms with van der Waals surface area (Å²) in [6, 6.07) is 8.10. The summed E-state index contributed by atoms with van der Waals surface area (Å²) in [5, 5.41) is 0. The maximum Gasteiger partial charge on any atom is 0.280 e. The van der Waals surface area contributed by atoms with Crippen LogP contribution in [0.5, 0.6) is 11.5 Å². The van der Waals surface area contributed by atoms with Crippen molar-refractivity contribution in [1.29, 1.82) is 0 Å². The van der Waals surface area contributed by atoms with Crippen LogP contribution < -0.4 is 16.2 Å². The second kappa shape index (κ2) is 7.52. The molecule has 0 aromatic heterocycles. The van der Waals surface area contributed by atoms with E-state index in [9.17, 15) is 17.6 Å². The number of guanidine groups is 1. The summed E-state index contributed by atoms with van der Waals surface area (Å²) in [5.74, 6) is -2.09. The van der Waals surface area contributed by atoms with Gasteiger partial charge in [0.15, 0.2) is 27.4 Å². The minimum absolute atomic E-state index is 0.0298. The third-order valence-electron chi connectivity index (χ3n) is 3.47. The highest BCUT2D eigenvalue weighted by molar-refractivity contribution is 7.90. The molecule has 0 aliphatic rings. The van der Waals surface area contributed by atoms with Crippen LogP contribution in [0.4, 0.5) is 4.39 Å². The van der Waals surface area contributed by atoms with Crippen LogP contribution >= 0.6 is 0 Å². The average Bonchev–Trinajstić information content (AvgIpc) is 2.54. The molecular weight excluding hydrogens is 361 g/mol. The molecule has 0 bridgehead atoms. The Bertz CT molecular complexity index is 983. The van der Waals surface area contributed by atoms with Crippen LogP contribution in [0.3, 0.4) is 0 Å². The van der Waals surface area contributed by atoms with Gasteiger partial charge in [-0.05, 0) is 36.2 Å². The van der Waals surface area contributed by atoms with E-state index in [-0.39, 0.29) is 22.0 Å². The number of carbonyl (C=O) groups excluding carboxylic acids is 1. The van der Waals surface area contributed by atoms with E-state index < -0.39 is 27.5 Å². The van der Waals surface area contributed by atoms with Crippen molar-refractivity contribution < 1.29 is 22.3 Å². The third kappa shape index (κ3) is 4.37. The Balaban J connectivity index is 2.67. The lowest BCUT2D eigenvalue weighted by molar-refractivity contribution is 0.100. The van der Waals surface area contributed by atoms with Gasteiger partial charge in [0.05, 0.1) is 0 Å². The van der Waals surface area contributed by atoms with Gasteiger partial charge in [-0.15, -0.1) is 0 Å². The quantitative estimate of drug-likeness (QED) is 0.605. The number of ether oxygens (including phenoxy) is 1. The zero-order chi connectivity index (χ0) is 19.5. The molecule has 2 aromatic carbocycles. The van der Waals surface area contributed by atoms with Crippen LogP contribution in [-0.4, -0.2) is 26.5 Å². The number of sulfone groups is 1. The number of hydrogen-bond acceptors (Lipinski definition) is 4. The molecule has 138 valence electrons. The molecule has 26 heavy (non-hydrogen) atoms. The second-order valence-electron chi connectivity index (χ2n) is 5.46. The molecule has 0 saturated heterocycles. The smallest absolute Gasteiger partial charge is 0.280 e. The molecular formula is C17H18FN3O4S. The van der Waals surface area contributed by atoms with Crippen LogP contribution in [0.2, 0.25) is 0 Å². The first-order chi connectivity index (χ1) is 12.1. The van der Waals surface area contributed by atoms with E-state index in [4.69, 9.17) is 16.2 Å². The molecule has 0 atom stereocenters. The largest absolute Gasteiger partial charge is 0.453 e. The van der Waals surface area contributed by atoms with Gasteiger partial charge < -0.3 is 16.2 Å². The van der Waals surface area contributed by atoms with Crippen molar-refractivity contribution >= 4 is 21.7 Å². The van der Waals surface area contributed by atoms with Gasteiger partial charge in [0, 0.05) is 11.8 Å². The summed E-state index contributed by atoms with van der Waals surface area (Å²) in [4.78, 5) is 15.4. The fourth-order valence-corrected chi connectivity index (χ4v) is 3.08. The average molecular weight is 379 g/mol. The predicted molar refractivity (Wildman–Crippen MR) is 95.5 cm³/mol.